The zero-order valence-electron chi connectivity index (χ0n) is 7.83. The molecule has 0 fully saturated rings. The molecule has 5 N–H and O–H groups in total. The molecule has 1 aromatic rings. The Hall–Kier alpha value is -1.22. The maximum Gasteiger partial charge on any atom is 0.117 e. The van der Waals surface area contributed by atoms with Crippen LogP contribution in [0, 0.1) is 0 Å². The van der Waals surface area contributed by atoms with Gasteiger partial charge in [-0.2, -0.15) is 0 Å². The molecule has 1 aromatic carbocycles. The van der Waals surface area contributed by atoms with Crippen molar-refractivity contribution in [2.75, 3.05) is 5.73 Å². The lowest BCUT2D eigenvalue weighted by atomic mass is 10.0. The largest absolute Gasteiger partial charge is 0.508 e. The highest BCUT2D eigenvalue weighted by atomic mass is 16.3. The Kier molecular flexibility index (Phi) is 3.14. The molecule has 0 radical (unpaired) electrons. The second-order valence-electron chi connectivity index (χ2n) is 3.21. The Morgan fingerprint density at radius 3 is 2.69 bits per heavy atom. The molecule has 1 atom stereocenters. The summed E-state index contributed by atoms with van der Waals surface area (Å²) in [6.45, 7) is 2.08. The number of anilines is 1. The van der Waals surface area contributed by atoms with E-state index in [0.717, 1.165) is 18.4 Å². The van der Waals surface area contributed by atoms with Gasteiger partial charge in [-0.1, -0.05) is 19.4 Å². The van der Waals surface area contributed by atoms with Crippen molar-refractivity contribution in [1.29, 1.82) is 0 Å². The third-order valence-electron chi connectivity index (χ3n) is 2.07. The van der Waals surface area contributed by atoms with Crippen LogP contribution >= 0.6 is 0 Å². The predicted molar refractivity (Wildman–Crippen MR) is 54.4 cm³/mol. The molecule has 3 heteroatoms. The fourth-order valence-electron chi connectivity index (χ4n) is 1.37. The number of rotatable bonds is 3. The number of aromatic hydroxyl groups is 1. The van der Waals surface area contributed by atoms with Crippen LogP contribution in [-0.4, -0.2) is 5.11 Å². The Morgan fingerprint density at radius 1 is 1.46 bits per heavy atom. The molecule has 72 valence electrons. The second-order valence-corrected chi connectivity index (χ2v) is 3.21. The van der Waals surface area contributed by atoms with Gasteiger partial charge in [-0.3, -0.25) is 0 Å². The molecule has 0 aliphatic rings. The highest BCUT2D eigenvalue weighted by Crippen LogP contribution is 2.25. The SMILES string of the molecule is CCCC(N)c1ccc(O)cc1N. The van der Waals surface area contributed by atoms with Crippen molar-refractivity contribution in [2.24, 2.45) is 5.73 Å². The molecule has 0 bridgehead atoms. The van der Waals surface area contributed by atoms with Crippen molar-refractivity contribution < 1.29 is 5.11 Å². The lowest BCUT2D eigenvalue weighted by Crippen LogP contribution is -2.11. The zero-order valence-corrected chi connectivity index (χ0v) is 7.83. The summed E-state index contributed by atoms with van der Waals surface area (Å²) in [6.07, 6.45) is 1.94. The maximum atomic E-state index is 9.13. The van der Waals surface area contributed by atoms with Crippen LogP contribution in [0.1, 0.15) is 31.4 Å². The van der Waals surface area contributed by atoms with E-state index in [1.165, 1.54) is 6.07 Å². The average Bonchev–Trinajstić information content (AvgIpc) is 2.04. The summed E-state index contributed by atoms with van der Waals surface area (Å²) >= 11 is 0. The van der Waals surface area contributed by atoms with Gasteiger partial charge < -0.3 is 16.6 Å². The first-order valence-electron chi connectivity index (χ1n) is 4.49. The molecule has 3 nitrogen and oxygen atoms in total. The number of phenols is 1. The standard InChI is InChI=1S/C10H16N2O/c1-2-3-9(11)8-5-4-7(13)6-10(8)12/h4-6,9,13H,2-3,11-12H2,1H3. The Morgan fingerprint density at radius 2 is 2.15 bits per heavy atom. The molecule has 0 amide bonds. The van der Waals surface area contributed by atoms with E-state index < -0.39 is 0 Å². The summed E-state index contributed by atoms with van der Waals surface area (Å²) in [7, 11) is 0. The van der Waals surface area contributed by atoms with E-state index in [9.17, 15) is 0 Å². The normalized spacial score (nSPS) is 12.8. The summed E-state index contributed by atoms with van der Waals surface area (Å²) < 4.78 is 0. The molecule has 0 saturated carbocycles. The molecular formula is C10H16N2O. The van der Waals surface area contributed by atoms with Crippen LogP contribution < -0.4 is 11.5 Å². The van der Waals surface area contributed by atoms with Crippen LogP contribution in [0.25, 0.3) is 0 Å². The molecule has 0 spiro atoms. The highest BCUT2D eigenvalue weighted by Gasteiger charge is 2.08. The van der Waals surface area contributed by atoms with Gasteiger partial charge in [0.25, 0.3) is 0 Å². The lowest BCUT2D eigenvalue weighted by Gasteiger charge is -2.13. The molecule has 0 aliphatic heterocycles. The monoisotopic (exact) mass is 180 g/mol. The molecule has 0 aromatic heterocycles. The zero-order chi connectivity index (χ0) is 9.84. The van der Waals surface area contributed by atoms with E-state index in [0.29, 0.717) is 5.69 Å². The van der Waals surface area contributed by atoms with Gasteiger partial charge in [-0.15, -0.1) is 0 Å². The Balaban J connectivity index is 2.88. The van der Waals surface area contributed by atoms with E-state index in [4.69, 9.17) is 16.6 Å². The quantitative estimate of drug-likeness (QED) is 0.621. The number of hydrogen-bond acceptors (Lipinski definition) is 3. The second kappa shape index (κ2) is 4.14. The number of benzene rings is 1. The van der Waals surface area contributed by atoms with Crippen LogP contribution in [0.5, 0.6) is 5.75 Å². The number of nitrogens with two attached hydrogens (primary N) is 2. The van der Waals surface area contributed by atoms with Gasteiger partial charge in [-0.05, 0) is 18.1 Å². The summed E-state index contributed by atoms with van der Waals surface area (Å²) in [5, 5.41) is 9.13. The molecule has 13 heavy (non-hydrogen) atoms. The smallest absolute Gasteiger partial charge is 0.117 e. The number of phenolic OH excluding ortho intramolecular Hbond substituents is 1. The van der Waals surface area contributed by atoms with Gasteiger partial charge in [0, 0.05) is 17.8 Å². The van der Waals surface area contributed by atoms with Crippen LogP contribution in [0.3, 0.4) is 0 Å². The third-order valence-corrected chi connectivity index (χ3v) is 2.07. The predicted octanol–water partition coefficient (Wildman–Crippen LogP) is 1.77. The Labute approximate surface area is 78.4 Å². The number of nitrogen functional groups attached to an aromatic ring is 1. The van der Waals surface area contributed by atoms with Crippen molar-refractivity contribution in [3.63, 3.8) is 0 Å². The van der Waals surface area contributed by atoms with Crippen molar-refractivity contribution >= 4 is 5.69 Å². The van der Waals surface area contributed by atoms with Gasteiger partial charge in [0.2, 0.25) is 0 Å². The molecule has 1 unspecified atom stereocenters. The van der Waals surface area contributed by atoms with E-state index in [2.05, 4.69) is 6.92 Å². The minimum Gasteiger partial charge on any atom is -0.508 e. The molecule has 1 rings (SSSR count). The summed E-state index contributed by atoms with van der Waals surface area (Å²) in [5.74, 6) is 0.185. The maximum absolute atomic E-state index is 9.13. The highest BCUT2D eigenvalue weighted by molar-refractivity contribution is 5.52. The van der Waals surface area contributed by atoms with Crippen LogP contribution in [0.4, 0.5) is 5.69 Å². The van der Waals surface area contributed by atoms with Crippen molar-refractivity contribution in [3.05, 3.63) is 23.8 Å². The van der Waals surface area contributed by atoms with Crippen molar-refractivity contribution in [1.82, 2.24) is 0 Å². The fraction of sp³-hybridized carbons (Fsp3) is 0.400. The third kappa shape index (κ3) is 2.36. The molecule has 0 saturated heterocycles. The van der Waals surface area contributed by atoms with Gasteiger partial charge in [0.05, 0.1) is 0 Å². The first kappa shape index (κ1) is 9.86. The first-order chi connectivity index (χ1) is 6.15. The molecule has 0 heterocycles. The Bertz CT molecular complexity index is 286. The van der Waals surface area contributed by atoms with Gasteiger partial charge >= 0.3 is 0 Å². The summed E-state index contributed by atoms with van der Waals surface area (Å²) in [4.78, 5) is 0. The van der Waals surface area contributed by atoms with E-state index in [-0.39, 0.29) is 11.8 Å². The number of hydrogen-bond donors (Lipinski definition) is 3. The van der Waals surface area contributed by atoms with Crippen molar-refractivity contribution in [3.8, 4) is 5.75 Å². The minimum absolute atomic E-state index is 0.0226. The fourth-order valence-corrected chi connectivity index (χ4v) is 1.37. The summed E-state index contributed by atoms with van der Waals surface area (Å²) in [6, 6.07) is 4.91. The van der Waals surface area contributed by atoms with E-state index in [1.54, 1.807) is 12.1 Å². The van der Waals surface area contributed by atoms with E-state index >= 15 is 0 Å². The van der Waals surface area contributed by atoms with Gasteiger partial charge in [0.1, 0.15) is 5.75 Å². The van der Waals surface area contributed by atoms with E-state index in [1.807, 2.05) is 0 Å². The van der Waals surface area contributed by atoms with Crippen molar-refractivity contribution in [2.45, 2.75) is 25.8 Å². The topological polar surface area (TPSA) is 72.3 Å². The van der Waals surface area contributed by atoms with Crippen LogP contribution in [-0.2, 0) is 0 Å². The van der Waals surface area contributed by atoms with Crippen LogP contribution in [0.2, 0.25) is 0 Å². The molecular weight excluding hydrogens is 164 g/mol. The summed E-state index contributed by atoms with van der Waals surface area (Å²) in [5.41, 5.74) is 13.1. The minimum atomic E-state index is -0.0226. The lowest BCUT2D eigenvalue weighted by molar-refractivity contribution is 0.475. The first-order valence-corrected chi connectivity index (χ1v) is 4.49. The van der Waals surface area contributed by atoms with Gasteiger partial charge in [-0.25, -0.2) is 0 Å². The average molecular weight is 180 g/mol. The van der Waals surface area contributed by atoms with Crippen LogP contribution in [0.15, 0.2) is 18.2 Å². The van der Waals surface area contributed by atoms with Gasteiger partial charge in [0.15, 0.2) is 0 Å². The molecule has 0 aliphatic carbocycles.